The van der Waals surface area contributed by atoms with E-state index in [1.54, 1.807) is 6.08 Å². The summed E-state index contributed by atoms with van der Waals surface area (Å²) in [4.78, 5) is 38.0. The van der Waals surface area contributed by atoms with Crippen molar-refractivity contribution < 1.29 is 28.6 Å². The van der Waals surface area contributed by atoms with Crippen molar-refractivity contribution in [2.24, 2.45) is 0 Å². The van der Waals surface area contributed by atoms with Crippen molar-refractivity contribution in [3.63, 3.8) is 0 Å². The Morgan fingerprint density at radius 2 is 0.627 bits per heavy atom. The predicted molar refractivity (Wildman–Crippen MR) is 288 cm³/mol. The van der Waals surface area contributed by atoms with E-state index in [2.05, 4.69) is 106 Å². The molecular formula is C61H102O6. The lowest BCUT2D eigenvalue weighted by Crippen LogP contribution is -2.30. The highest BCUT2D eigenvalue weighted by Crippen LogP contribution is 2.14. The third kappa shape index (κ3) is 53.2. The van der Waals surface area contributed by atoms with Gasteiger partial charge in [0.05, 0.1) is 6.42 Å². The van der Waals surface area contributed by atoms with E-state index in [0.717, 1.165) is 89.9 Å². The topological polar surface area (TPSA) is 78.9 Å². The van der Waals surface area contributed by atoms with Crippen LogP contribution < -0.4 is 0 Å². The van der Waals surface area contributed by atoms with Gasteiger partial charge in [0.2, 0.25) is 0 Å². The standard InChI is InChI=1S/C61H102O6/c1-4-7-10-13-16-19-22-25-27-28-29-30-31-32-34-36-39-42-45-48-51-54-60(63)66-57-58(56-65-59(62)53-50-47-44-41-38-35-24-21-18-15-12-9-6-3)67-61(64)55-52-49-46-43-40-37-33-26-23-20-17-14-11-8-5-2/h8,11,17,20-22,24-26,28-29,33,40,43,49,52,58H,4-7,9-10,12-16,18-19,23,27,30-32,34-39,41-42,44-48,50-51,53-57H2,1-3H3/b11-8-,20-17-,24-21-,25-22-,29-28-,33-26-,43-40-,52-49-. The Labute approximate surface area is 413 Å². The van der Waals surface area contributed by atoms with Crippen molar-refractivity contribution in [1.82, 2.24) is 0 Å². The van der Waals surface area contributed by atoms with Gasteiger partial charge in [-0.15, -0.1) is 0 Å². The predicted octanol–water partition coefficient (Wildman–Crippen LogP) is 18.5. The summed E-state index contributed by atoms with van der Waals surface area (Å²) in [5.74, 6) is -1.06. The van der Waals surface area contributed by atoms with Crippen molar-refractivity contribution >= 4 is 17.9 Å². The fraction of sp³-hybridized carbons (Fsp3) is 0.689. The molecule has 0 fully saturated rings. The second kappa shape index (κ2) is 54.9. The summed E-state index contributed by atoms with van der Waals surface area (Å²) in [5.41, 5.74) is 0. The van der Waals surface area contributed by atoms with Crippen molar-refractivity contribution in [2.75, 3.05) is 13.2 Å². The third-order valence-electron chi connectivity index (χ3n) is 11.6. The van der Waals surface area contributed by atoms with Crippen LogP contribution >= 0.6 is 0 Å². The van der Waals surface area contributed by atoms with Crippen LogP contribution in [0.5, 0.6) is 0 Å². The van der Waals surface area contributed by atoms with E-state index >= 15 is 0 Å². The van der Waals surface area contributed by atoms with Gasteiger partial charge in [0, 0.05) is 12.8 Å². The first kappa shape index (κ1) is 63.3. The number of unbranched alkanes of at least 4 members (excludes halogenated alkanes) is 23. The molecule has 67 heavy (non-hydrogen) atoms. The van der Waals surface area contributed by atoms with Gasteiger partial charge >= 0.3 is 17.9 Å². The fourth-order valence-electron chi connectivity index (χ4n) is 7.42. The highest BCUT2D eigenvalue weighted by molar-refractivity contribution is 5.72. The average Bonchev–Trinajstić information content (AvgIpc) is 3.33. The summed E-state index contributed by atoms with van der Waals surface area (Å²) < 4.78 is 16.7. The molecule has 1 atom stereocenters. The first-order valence-corrected chi connectivity index (χ1v) is 27.7. The van der Waals surface area contributed by atoms with Gasteiger partial charge in [-0.05, 0) is 103 Å². The second-order valence-corrected chi connectivity index (χ2v) is 18.1. The highest BCUT2D eigenvalue weighted by Gasteiger charge is 2.19. The molecule has 0 heterocycles. The van der Waals surface area contributed by atoms with E-state index < -0.39 is 12.1 Å². The van der Waals surface area contributed by atoms with Crippen molar-refractivity contribution in [3.8, 4) is 0 Å². The van der Waals surface area contributed by atoms with Crippen LogP contribution in [-0.2, 0) is 28.6 Å². The smallest absolute Gasteiger partial charge is 0.310 e. The summed E-state index contributed by atoms with van der Waals surface area (Å²) in [6.45, 7) is 6.40. The number of esters is 3. The Hall–Kier alpha value is -3.67. The van der Waals surface area contributed by atoms with Crippen LogP contribution in [0.2, 0.25) is 0 Å². The van der Waals surface area contributed by atoms with E-state index in [4.69, 9.17) is 14.2 Å². The van der Waals surface area contributed by atoms with Crippen molar-refractivity contribution in [3.05, 3.63) is 97.2 Å². The Bertz CT molecular complexity index is 1350. The molecule has 382 valence electrons. The number of allylic oxidation sites excluding steroid dienone is 15. The van der Waals surface area contributed by atoms with Crippen LogP contribution in [0.15, 0.2) is 97.2 Å². The van der Waals surface area contributed by atoms with Crippen LogP contribution in [-0.4, -0.2) is 37.2 Å². The minimum absolute atomic E-state index is 0.0927. The molecule has 1 unspecified atom stereocenters. The molecule has 0 aromatic heterocycles. The van der Waals surface area contributed by atoms with E-state index in [-0.39, 0.29) is 31.6 Å². The molecule has 0 saturated carbocycles. The number of ether oxygens (including phenoxy) is 3. The summed E-state index contributed by atoms with van der Waals surface area (Å²) in [6.07, 6.45) is 72.8. The van der Waals surface area contributed by atoms with E-state index in [0.29, 0.717) is 12.8 Å². The molecule has 0 amide bonds. The normalized spacial score (nSPS) is 12.8. The molecule has 0 spiro atoms. The maximum atomic E-state index is 12.8. The van der Waals surface area contributed by atoms with Crippen LogP contribution in [0, 0.1) is 0 Å². The Balaban J connectivity index is 4.46. The van der Waals surface area contributed by atoms with Crippen LogP contribution in [0.4, 0.5) is 0 Å². The first-order chi connectivity index (χ1) is 33.0. The third-order valence-corrected chi connectivity index (χ3v) is 11.6. The zero-order chi connectivity index (χ0) is 48.6. The maximum Gasteiger partial charge on any atom is 0.310 e. The molecule has 0 aliphatic rings. The molecule has 6 heteroatoms. The lowest BCUT2D eigenvalue weighted by atomic mass is 10.1. The lowest BCUT2D eigenvalue weighted by molar-refractivity contribution is -0.166. The number of carbonyl (C=O) groups excluding carboxylic acids is 3. The quantitative estimate of drug-likeness (QED) is 0.0262. The largest absolute Gasteiger partial charge is 0.462 e. The number of hydrogen-bond acceptors (Lipinski definition) is 6. The highest BCUT2D eigenvalue weighted by atomic mass is 16.6. The molecule has 0 aliphatic heterocycles. The molecule has 0 N–H and O–H groups in total. The molecule has 0 aromatic carbocycles. The molecule has 0 rings (SSSR count). The van der Waals surface area contributed by atoms with Gasteiger partial charge in [-0.3, -0.25) is 14.4 Å². The zero-order valence-corrected chi connectivity index (χ0v) is 43.6. The Morgan fingerprint density at radius 3 is 1.01 bits per heavy atom. The minimum Gasteiger partial charge on any atom is -0.462 e. The van der Waals surface area contributed by atoms with Gasteiger partial charge in [0.1, 0.15) is 13.2 Å². The molecule has 6 nitrogen and oxygen atoms in total. The van der Waals surface area contributed by atoms with Crippen LogP contribution in [0.25, 0.3) is 0 Å². The summed E-state index contributed by atoms with van der Waals surface area (Å²) >= 11 is 0. The molecule has 0 aliphatic carbocycles. The number of rotatable bonds is 49. The average molecular weight is 931 g/mol. The Kier molecular flexibility index (Phi) is 51.9. The van der Waals surface area contributed by atoms with Crippen molar-refractivity contribution in [2.45, 2.75) is 258 Å². The molecule has 0 aromatic rings. The second-order valence-electron chi connectivity index (χ2n) is 18.1. The van der Waals surface area contributed by atoms with E-state index in [9.17, 15) is 14.4 Å². The van der Waals surface area contributed by atoms with Gasteiger partial charge in [0.25, 0.3) is 0 Å². The van der Waals surface area contributed by atoms with Gasteiger partial charge in [-0.1, -0.05) is 227 Å². The molecule has 0 radical (unpaired) electrons. The first-order valence-electron chi connectivity index (χ1n) is 27.7. The van der Waals surface area contributed by atoms with Crippen LogP contribution in [0.3, 0.4) is 0 Å². The van der Waals surface area contributed by atoms with E-state index in [1.165, 1.54) is 122 Å². The zero-order valence-electron chi connectivity index (χ0n) is 43.6. The van der Waals surface area contributed by atoms with E-state index in [1.807, 2.05) is 6.08 Å². The minimum atomic E-state index is -0.837. The summed E-state index contributed by atoms with van der Waals surface area (Å²) in [5, 5.41) is 0. The lowest BCUT2D eigenvalue weighted by Gasteiger charge is -2.18. The van der Waals surface area contributed by atoms with Crippen LogP contribution in [0.1, 0.15) is 252 Å². The molecular weight excluding hydrogens is 829 g/mol. The van der Waals surface area contributed by atoms with Crippen molar-refractivity contribution in [1.29, 1.82) is 0 Å². The summed E-state index contributed by atoms with van der Waals surface area (Å²) in [6, 6.07) is 0. The van der Waals surface area contributed by atoms with Gasteiger partial charge in [-0.2, -0.15) is 0 Å². The van der Waals surface area contributed by atoms with Gasteiger partial charge < -0.3 is 14.2 Å². The summed E-state index contributed by atoms with van der Waals surface area (Å²) in [7, 11) is 0. The fourth-order valence-corrected chi connectivity index (χ4v) is 7.42. The molecule has 0 saturated heterocycles. The SMILES string of the molecule is CC/C=C\C/C=C\C/C=C\C/C=C\C/C=C\CC(=O)OC(COC(=O)CCCCCCC/C=C\CCCCCC)COC(=O)CCCCCCCCCCC/C=C\C/C=C\CCCCCCC. The number of carbonyl (C=O) groups is 3. The molecule has 0 bridgehead atoms. The maximum absolute atomic E-state index is 12.8. The van der Waals surface area contributed by atoms with Gasteiger partial charge in [0.15, 0.2) is 6.10 Å². The van der Waals surface area contributed by atoms with Gasteiger partial charge in [-0.25, -0.2) is 0 Å². The number of hydrogen-bond donors (Lipinski definition) is 0. The Morgan fingerprint density at radius 1 is 0.328 bits per heavy atom. The monoisotopic (exact) mass is 931 g/mol.